The molecule has 0 radical (unpaired) electrons. The summed E-state index contributed by atoms with van der Waals surface area (Å²) in [7, 11) is 0. The second-order valence-corrected chi connectivity index (χ2v) is 9.51. The van der Waals surface area contributed by atoms with Gasteiger partial charge in [0.15, 0.2) is 5.01 Å². The molecule has 4 aromatic rings. The number of nitrogens with zero attached hydrogens (tertiary/aromatic N) is 2. The van der Waals surface area contributed by atoms with E-state index in [9.17, 15) is 14.0 Å². The second-order valence-electron chi connectivity index (χ2n) is 8.66. The van der Waals surface area contributed by atoms with Crippen LogP contribution in [0.4, 0.5) is 10.1 Å². The van der Waals surface area contributed by atoms with E-state index < -0.39 is 23.3 Å². The largest absolute Gasteiger partial charge is 0.748 e. The summed E-state index contributed by atoms with van der Waals surface area (Å²) in [5, 5.41) is 4.85. The Bertz CT molecular complexity index is 1250. The zero-order valence-corrected chi connectivity index (χ0v) is 22.0. The van der Waals surface area contributed by atoms with Crippen molar-refractivity contribution in [3.63, 3.8) is 0 Å². The number of benzene rings is 1. The van der Waals surface area contributed by atoms with E-state index in [4.69, 9.17) is 6.42 Å². The van der Waals surface area contributed by atoms with E-state index in [1.807, 2.05) is 51.1 Å². The van der Waals surface area contributed by atoms with E-state index in [1.165, 1.54) is 40.5 Å². The standard InChI is InChI=1S/C23H21FN3O2S.C5H5.Fe/c1-5-19-25-18(14-30-19)22(29)27(17-12-10-16(24)11-13-17)20(15-8-6-7-9-15)21(28)26-23(2,3)4;1-2-4-5-3-1;/h1,6-14,20H,2-4H3,(H,26,28);1-5H;/q-1;-5;. The third kappa shape index (κ3) is 7.76. The van der Waals surface area contributed by atoms with Gasteiger partial charge in [-0.1, -0.05) is 0 Å². The summed E-state index contributed by atoms with van der Waals surface area (Å²) in [6, 6.07) is 21.5. The molecular formula is C28H26FFeN3O2S-6. The molecule has 0 saturated carbocycles. The molecule has 2 amide bonds. The number of aromatic nitrogens is 1. The number of thiazole rings is 1. The van der Waals surface area contributed by atoms with E-state index in [-0.39, 0.29) is 28.7 Å². The maximum absolute atomic E-state index is 13.6. The monoisotopic (exact) mass is 543 g/mol. The fraction of sp³-hybridized carbons (Fsp3) is 0.179. The number of nitrogens with one attached hydrogen (secondary N) is 1. The molecule has 36 heavy (non-hydrogen) atoms. The van der Waals surface area contributed by atoms with Gasteiger partial charge in [0.05, 0.1) is 6.04 Å². The molecule has 8 heteroatoms. The van der Waals surface area contributed by atoms with Crippen molar-refractivity contribution in [3.8, 4) is 12.3 Å². The maximum atomic E-state index is 13.6. The number of carbonyl (C=O) groups excluding carboxylic acids is 2. The van der Waals surface area contributed by atoms with Crippen LogP contribution in [0.5, 0.6) is 0 Å². The van der Waals surface area contributed by atoms with Gasteiger partial charge in [0.1, 0.15) is 11.5 Å². The Morgan fingerprint density at radius 2 is 1.67 bits per heavy atom. The van der Waals surface area contributed by atoms with Crippen molar-refractivity contribution >= 4 is 28.8 Å². The van der Waals surface area contributed by atoms with Crippen molar-refractivity contribution in [2.24, 2.45) is 0 Å². The van der Waals surface area contributed by atoms with Crippen LogP contribution in [0.15, 0.2) is 84.2 Å². The SMILES string of the molecule is C#Cc1nc(C(=O)N(c2ccc(F)cc2)C(C(=O)NC(C)(C)C)[c-]2cccc2)cs1.[Fe].[cH-]1[cH-][cH-][cH-][cH-]1. The first-order valence-corrected chi connectivity index (χ1v) is 11.8. The van der Waals surface area contributed by atoms with Gasteiger partial charge in [0, 0.05) is 33.7 Å². The van der Waals surface area contributed by atoms with Crippen molar-refractivity contribution in [2.45, 2.75) is 32.4 Å². The Balaban J connectivity index is 0.000000678. The molecule has 4 rings (SSSR count). The average Bonchev–Trinajstić information content (AvgIpc) is 3.60. The molecule has 1 N–H and O–H groups in total. The minimum atomic E-state index is -0.979. The van der Waals surface area contributed by atoms with Gasteiger partial charge in [-0.15, -0.1) is 23.3 Å². The van der Waals surface area contributed by atoms with Crippen LogP contribution in [-0.4, -0.2) is 22.3 Å². The summed E-state index contributed by atoms with van der Waals surface area (Å²) < 4.78 is 13.6. The second kappa shape index (κ2) is 13.0. The van der Waals surface area contributed by atoms with Crippen molar-refractivity contribution in [3.05, 3.63) is 106 Å². The van der Waals surface area contributed by atoms with Crippen molar-refractivity contribution in [2.75, 3.05) is 4.90 Å². The Labute approximate surface area is 225 Å². The number of rotatable bonds is 5. The molecule has 3 aromatic carbocycles. The summed E-state index contributed by atoms with van der Waals surface area (Å²) in [5.74, 6) is 1.09. The number of anilines is 1. The van der Waals surface area contributed by atoms with Crippen LogP contribution < -0.4 is 10.2 Å². The molecule has 0 fully saturated rings. The summed E-state index contributed by atoms with van der Waals surface area (Å²) in [6.45, 7) is 5.57. The van der Waals surface area contributed by atoms with Gasteiger partial charge in [-0.2, -0.15) is 12.1 Å². The van der Waals surface area contributed by atoms with Crippen LogP contribution in [0.3, 0.4) is 0 Å². The molecule has 1 atom stereocenters. The van der Waals surface area contributed by atoms with Gasteiger partial charge in [-0.3, -0.25) is 9.59 Å². The van der Waals surface area contributed by atoms with Crippen LogP contribution in [0.1, 0.15) is 47.9 Å². The number of terminal acetylenes is 1. The minimum Gasteiger partial charge on any atom is -0.748 e. The van der Waals surface area contributed by atoms with E-state index in [0.29, 0.717) is 16.3 Å². The van der Waals surface area contributed by atoms with Gasteiger partial charge in [0.25, 0.3) is 5.91 Å². The number of hydrogen-bond acceptors (Lipinski definition) is 4. The normalized spacial score (nSPS) is 11.2. The fourth-order valence-corrected chi connectivity index (χ4v) is 3.89. The topological polar surface area (TPSA) is 62.3 Å². The molecular weight excluding hydrogens is 517 g/mol. The van der Waals surface area contributed by atoms with E-state index >= 15 is 0 Å². The molecule has 1 unspecified atom stereocenters. The Kier molecular flexibility index (Phi) is 10.4. The Morgan fingerprint density at radius 1 is 1.11 bits per heavy atom. The van der Waals surface area contributed by atoms with Gasteiger partial charge < -0.3 is 40.5 Å². The molecule has 192 valence electrons. The number of halogens is 1. The third-order valence-electron chi connectivity index (χ3n) is 4.73. The third-order valence-corrected chi connectivity index (χ3v) is 5.51. The smallest absolute Gasteiger partial charge is 0.277 e. The summed E-state index contributed by atoms with van der Waals surface area (Å²) in [4.78, 5) is 32.3. The predicted octanol–water partition coefficient (Wildman–Crippen LogP) is 5.69. The first kappa shape index (κ1) is 28.7. The van der Waals surface area contributed by atoms with E-state index in [2.05, 4.69) is 16.2 Å². The van der Waals surface area contributed by atoms with Crippen LogP contribution in [0, 0.1) is 18.2 Å². The van der Waals surface area contributed by atoms with Crippen molar-refractivity contribution < 1.29 is 31.0 Å². The van der Waals surface area contributed by atoms with Crippen LogP contribution in [0.25, 0.3) is 0 Å². The van der Waals surface area contributed by atoms with Crippen molar-refractivity contribution in [1.82, 2.24) is 10.3 Å². The zero-order valence-electron chi connectivity index (χ0n) is 20.1. The summed E-state index contributed by atoms with van der Waals surface area (Å²) in [5.41, 5.74) is 0.600. The van der Waals surface area contributed by atoms with Gasteiger partial charge in [0.2, 0.25) is 5.91 Å². The van der Waals surface area contributed by atoms with Crippen molar-refractivity contribution in [1.29, 1.82) is 0 Å². The molecule has 0 aliphatic carbocycles. The molecule has 5 nitrogen and oxygen atoms in total. The first-order valence-electron chi connectivity index (χ1n) is 10.9. The predicted molar refractivity (Wildman–Crippen MR) is 138 cm³/mol. The quantitative estimate of drug-likeness (QED) is 0.200. The average molecular weight is 543 g/mol. The van der Waals surface area contributed by atoms with Gasteiger partial charge in [-0.25, -0.2) is 21.5 Å². The van der Waals surface area contributed by atoms with E-state index in [1.54, 1.807) is 29.6 Å². The maximum Gasteiger partial charge on any atom is 0.277 e. The van der Waals surface area contributed by atoms with Gasteiger partial charge >= 0.3 is 0 Å². The minimum absolute atomic E-state index is 0. The van der Waals surface area contributed by atoms with Crippen LogP contribution in [0.2, 0.25) is 0 Å². The molecule has 0 bridgehead atoms. The Morgan fingerprint density at radius 3 is 2.14 bits per heavy atom. The number of amides is 2. The van der Waals surface area contributed by atoms with Crippen LogP contribution in [-0.2, 0) is 21.9 Å². The molecule has 0 saturated heterocycles. The zero-order chi connectivity index (χ0) is 25.4. The fourth-order valence-electron chi connectivity index (χ4n) is 3.29. The summed E-state index contributed by atoms with van der Waals surface area (Å²) >= 11 is 1.17. The summed E-state index contributed by atoms with van der Waals surface area (Å²) in [6.07, 6.45) is 5.39. The number of hydrogen-bond donors (Lipinski definition) is 1. The molecule has 0 spiro atoms. The van der Waals surface area contributed by atoms with E-state index in [0.717, 1.165) is 0 Å². The molecule has 0 aliphatic heterocycles. The number of carbonyl (C=O) groups is 2. The molecule has 1 heterocycles. The van der Waals surface area contributed by atoms with Crippen LogP contribution >= 0.6 is 11.3 Å². The molecule has 0 aliphatic rings. The molecule has 1 aromatic heterocycles. The first-order chi connectivity index (χ1) is 16.7. The van der Waals surface area contributed by atoms with Gasteiger partial charge in [-0.05, 0) is 51.0 Å². The Hall–Kier alpha value is -3.50.